The number of hydrogen-bond donors (Lipinski definition) is 8. The van der Waals surface area contributed by atoms with E-state index in [-0.39, 0.29) is 17.9 Å². The van der Waals surface area contributed by atoms with E-state index in [1.54, 1.807) is 0 Å². The molecule has 2 atom stereocenters. The predicted molar refractivity (Wildman–Crippen MR) is 152 cm³/mol. The van der Waals surface area contributed by atoms with Crippen molar-refractivity contribution in [2.24, 2.45) is 22.5 Å². The molecular formula is C22H33F6N9O9S2. The monoisotopic (exact) mass is 745 g/mol. The summed E-state index contributed by atoms with van der Waals surface area (Å²) >= 11 is 0. The molecule has 0 spiro atoms. The van der Waals surface area contributed by atoms with E-state index in [4.69, 9.17) is 36.4 Å². The van der Waals surface area contributed by atoms with Gasteiger partial charge >= 0.3 is 24.3 Å². The van der Waals surface area contributed by atoms with E-state index in [9.17, 15) is 48.3 Å². The Hall–Kier alpha value is -3.69. The molecule has 274 valence electrons. The van der Waals surface area contributed by atoms with Crippen LogP contribution in [0.3, 0.4) is 0 Å². The van der Waals surface area contributed by atoms with Gasteiger partial charge in [0.15, 0.2) is 0 Å². The first-order valence-electron chi connectivity index (χ1n) is 13.3. The fourth-order valence-corrected chi connectivity index (χ4v) is 6.76. The van der Waals surface area contributed by atoms with Crippen molar-refractivity contribution in [2.75, 3.05) is 37.6 Å². The summed E-state index contributed by atoms with van der Waals surface area (Å²) in [5.41, 5.74) is 11.4. The minimum Gasteiger partial charge on any atom is -0.475 e. The zero-order chi connectivity index (χ0) is 37.1. The van der Waals surface area contributed by atoms with E-state index in [0.29, 0.717) is 31.2 Å². The van der Waals surface area contributed by atoms with E-state index in [1.165, 1.54) is 12.1 Å². The number of carboxylic acids is 2. The Kier molecular flexibility index (Phi) is 15.6. The number of tetrazole rings is 1. The number of nitrogens with one attached hydrogen (secondary N) is 2. The molecule has 2 heterocycles. The number of hydrogen-bond acceptors (Lipinski definition) is 13. The Labute approximate surface area is 268 Å². The standard InChI is InChI=1S/C18H31N9O5S2.2C2HF3O2/c19-7-5-12-2-1-8-27(9-6-12)14-3-4-15(34(31,32)22-11-13(28)10-20)17(33(21,29)30)16(14)18-23-25-26-24-18;2*3-2(4,5)1(6)7/h3-4,12-13,22,28H,1-2,5-11,19-20H2,(H2,21,29,30)(H,23,24,25,26);2*(H,6,7)/t12?,13-;;/m1../s1. The number of aliphatic hydroxyl groups excluding tert-OH is 1. The van der Waals surface area contributed by atoms with Gasteiger partial charge in [-0.25, -0.2) is 36.3 Å². The number of nitrogens with two attached hydrogens (primary N) is 3. The van der Waals surface area contributed by atoms with Gasteiger partial charge in [0.25, 0.3) is 0 Å². The third-order valence-electron chi connectivity index (χ3n) is 6.27. The summed E-state index contributed by atoms with van der Waals surface area (Å²) in [7, 11) is -8.99. The number of sulfonamides is 2. The molecular weight excluding hydrogens is 712 g/mol. The average Bonchev–Trinajstić information content (AvgIpc) is 3.41. The average molecular weight is 746 g/mol. The quantitative estimate of drug-likeness (QED) is 0.140. The molecule has 1 aliphatic heterocycles. The van der Waals surface area contributed by atoms with Gasteiger partial charge in [0.2, 0.25) is 25.9 Å². The maximum absolute atomic E-state index is 13.0. The van der Waals surface area contributed by atoms with Crippen LogP contribution in [0.1, 0.15) is 25.7 Å². The lowest BCUT2D eigenvalue weighted by atomic mass is 9.97. The number of halogens is 6. The number of rotatable bonds is 10. The minimum absolute atomic E-state index is 0.0595. The summed E-state index contributed by atoms with van der Waals surface area (Å²) in [6.45, 7) is 1.22. The van der Waals surface area contributed by atoms with E-state index in [2.05, 4.69) is 25.3 Å². The number of carboxylic acid groups (broad SMARTS) is 2. The number of carbonyl (C=O) groups is 2. The zero-order valence-corrected chi connectivity index (χ0v) is 26.2. The highest BCUT2D eigenvalue weighted by Crippen LogP contribution is 2.39. The topological polar surface area (TPSA) is 311 Å². The van der Waals surface area contributed by atoms with E-state index < -0.39 is 66.8 Å². The molecule has 0 bridgehead atoms. The fraction of sp³-hybridized carbons (Fsp3) is 0.591. The first-order chi connectivity index (χ1) is 22.0. The lowest BCUT2D eigenvalue weighted by molar-refractivity contribution is -0.193. The minimum atomic E-state index is -5.08. The SMILES string of the molecule is NCCC1CCCN(c2ccc(S(=O)(=O)NC[C@H](O)CN)c(S(N)(=O)=O)c2-c2nn[nH]n2)CC1.O=C(O)C(F)(F)F.O=C(O)C(F)(F)F. The van der Waals surface area contributed by atoms with Crippen molar-refractivity contribution in [3.8, 4) is 11.4 Å². The van der Waals surface area contributed by atoms with E-state index in [1.807, 2.05) is 4.90 Å². The number of aliphatic hydroxyl groups is 1. The van der Waals surface area contributed by atoms with Gasteiger partial charge in [0.1, 0.15) is 9.79 Å². The third-order valence-corrected chi connectivity index (χ3v) is 8.86. The second kappa shape index (κ2) is 17.6. The summed E-state index contributed by atoms with van der Waals surface area (Å²) in [4.78, 5) is 18.5. The lowest BCUT2D eigenvalue weighted by Crippen LogP contribution is -2.37. The highest BCUT2D eigenvalue weighted by Gasteiger charge is 2.39. The smallest absolute Gasteiger partial charge is 0.475 e. The summed E-state index contributed by atoms with van der Waals surface area (Å²) < 4.78 is 117. The van der Waals surface area contributed by atoms with E-state index in [0.717, 1.165) is 25.7 Å². The molecule has 11 N–H and O–H groups in total. The number of aromatic amines is 1. The zero-order valence-electron chi connectivity index (χ0n) is 24.6. The van der Waals surface area contributed by atoms with Crippen molar-refractivity contribution in [3.05, 3.63) is 12.1 Å². The highest BCUT2D eigenvalue weighted by molar-refractivity contribution is 7.92. The number of H-pyrrole nitrogens is 1. The Morgan fingerprint density at radius 2 is 1.58 bits per heavy atom. The molecule has 1 fully saturated rings. The molecule has 0 aliphatic carbocycles. The van der Waals surface area contributed by atoms with Gasteiger partial charge in [0.05, 0.1) is 11.7 Å². The van der Waals surface area contributed by atoms with Crippen molar-refractivity contribution >= 4 is 37.7 Å². The Morgan fingerprint density at radius 1 is 1.02 bits per heavy atom. The Balaban J connectivity index is 0.000000687. The number of aromatic nitrogens is 4. The van der Waals surface area contributed by atoms with Crippen molar-refractivity contribution in [1.29, 1.82) is 0 Å². The second-order valence-corrected chi connectivity index (χ2v) is 13.0. The third kappa shape index (κ3) is 13.1. The molecule has 0 amide bonds. The van der Waals surface area contributed by atoms with Crippen LogP contribution in [0.2, 0.25) is 0 Å². The molecule has 1 aliphatic rings. The first kappa shape index (κ1) is 42.3. The molecule has 2 aromatic rings. The molecule has 18 nitrogen and oxygen atoms in total. The van der Waals surface area contributed by atoms with Crippen LogP contribution in [-0.4, -0.2) is 116 Å². The second-order valence-electron chi connectivity index (χ2n) is 9.78. The summed E-state index contributed by atoms with van der Waals surface area (Å²) in [6, 6.07) is 2.69. The number of anilines is 1. The van der Waals surface area contributed by atoms with Crippen LogP contribution in [0.15, 0.2) is 21.9 Å². The van der Waals surface area contributed by atoms with Crippen molar-refractivity contribution in [1.82, 2.24) is 25.3 Å². The van der Waals surface area contributed by atoms with Gasteiger partial charge in [-0.05, 0) is 55.5 Å². The molecule has 1 aromatic carbocycles. The van der Waals surface area contributed by atoms with Crippen LogP contribution in [0.25, 0.3) is 11.4 Å². The number of nitrogens with zero attached hydrogens (tertiary/aromatic N) is 4. The number of benzene rings is 1. The van der Waals surface area contributed by atoms with Gasteiger partial charge in [-0.1, -0.05) is 0 Å². The highest BCUT2D eigenvalue weighted by atomic mass is 32.2. The summed E-state index contributed by atoms with van der Waals surface area (Å²) in [5, 5.41) is 43.0. The Morgan fingerprint density at radius 3 is 2.02 bits per heavy atom. The van der Waals surface area contributed by atoms with Gasteiger partial charge in [-0.3, -0.25) is 0 Å². The normalized spacial score (nSPS) is 16.5. The number of aliphatic carboxylic acids is 2. The molecule has 3 rings (SSSR count). The molecule has 26 heteroatoms. The van der Waals surface area contributed by atoms with Crippen LogP contribution in [-0.2, 0) is 29.6 Å². The molecule has 1 saturated heterocycles. The predicted octanol–water partition coefficient (Wildman–Crippen LogP) is -0.666. The maximum Gasteiger partial charge on any atom is 0.490 e. The molecule has 1 aromatic heterocycles. The van der Waals surface area contributed by atoms with Gasteiger partial charge in [0, 0.05) is 31.9 Å². The first-order valence-corrected chi connectivity index (χ1v) is 16.4. The van der Waals surface area contributed by atoms with Crippen LogP contribution in [0.5, 0.6) is 0 Å². The number of alkyl halides is 6. The summed E-state index contributed by atoms with van der Waals surface area (Å²) in [6.07, 6.45) is -7.76. The van der Waals surface area contributed by atoms with Gasteiger partial charge < -0.3 is 31.7 Å². The lowest BCUT2D eigenvalue weighted by Gasteiger charge is -2.27. The molecule has 1 unspecified atom stereocenters. The van der Waals surface area contributed by atoms with Crippen molar-refractivity contribution < 1.29 is 68.1 Å². The van der Waals surface area contributed by atoms with Crippen molar-refractivity contribution in [2.45, 2.75) is 53.9 Å². The molecule has 48 heavy (non-hydrogen) atoms. The Bertz CT molecular complexity index is 1550. The fourth-order valence-electron chi connectivity index (χ4n) is 4.09. The number of primary sulfonamides is 1. The van der Waals surface area contributed by atoms with Crippen LogP contribution >= 0.6 is 0 Å². The van der Waals surface area contributed by atoms with Gasteiger partial charge in [-0.2, -0.15) is 31.6 Å². The van der Waals surface area contributed by atoms with Crippen LogP contribution in [0.4, 0.5) is 32.0 Å². The van der Waals surface area contributed by atoms with Crippen LogP contribution in [0, 0.1) is 5.92 Å². The van der Waals surface area contributed by atoms with Crippen LogP contribution < -0.4 is 26.2 Å². The molecule has 0 saturated carbocycles. The largest absolute Gasteiger partial charge is 0.490 e. The molecule has 0 radical (unpaired) electrons. The maximum atomic E-state index is 13.0. The van der Waals surface area contributed by atoms with Gasteiger partial charge in [-0.15, -0.1) is 10.2 Å². The summed E-state index contributed by atoms with van der Waals surface area (Å²) in [5.74, 6) is -5.18. The van der Waals surface area contributed by atoms with Crippen molar-refractivity contribution in [3.63, 3.8) is 0 Å². The van der Waals surface area contributed by atoms with E-state index >= 15 is 0 Å².